The monoisotopic (exact) mass is 1100 g/mol. The smallest absolute Gasteiger partial charge is 0.108 e. The minimum Gasteiger partial charge on any atom is -0.381 e. The number of hydrogen-bond donors (Lipinski definition) is 0. The van der Waals surface area contributed by atoms with Crippen LogP contribution in [0.25, 0.3) is 10.4 Å². The van der Waals surface area contributed by atoms with Crippen LogP contribution in [0.5, 0.6) is 0 Å². The average molecular weight is 1100 g/mol. The minimum absolute atomic E-state index is 0.328. The van der Waals surface area contributed by atoms with Gasteiger partial charge in [0.15, 0.2) is 0 Å². The number of ether oxygens (including phenoxy) is 10. The van der Waals surface area contributed by atoms with Crippen molar-refractivity contribution in [3.8, 4) is 37.0 Å². The van der Waals surface area contributed by atoms with Crippen LogP contribution in [0, 0.1) is 37.0 Å². The van der Waals surface area contributed by atoms with Gasteiger partial charge in [-0.05, 0) is 31.2 Å². The Hall–Kier alpha value is -5.07. The Bertz CT molecular complexity index is 1770. The average Bonchev–Trinajstić information content (AvgIpc) is 4.24. The van der Waals surface area contributed by atoms with Crippen LogP contribution < -0.4 is 0 Å². The number of aromatic nitrogens is 9. The highest BCUT2D eigenvalue weighted by Gasteiger charge is 2.10. The van der Waals surface area contributed by atoms with Crippen molar-refractivity contribution < 1.29 is 47.4 Å². The van der Waals surface area contributed by atoms with Crippen molar-refractivity contribution in [2.75, 3.05) is 158 Å². The van der Waals surface area contributed by atoms with Gasteiger partial charge in [-0.15, -0.1) is 34.6 Å². The summed E-state index contributed by atoms with van der Waals surface area (Å²) < 4.78 is 61.0. The van der Waals surface area contributed by atoms with Gasteiger partial charge in [-0.2, -0.15) is 0 Å². The highest BCUT2D eigenvalue weighted by atomic mass is 16.5. The first kappa shape index (κ1) is 70.9. The highest BCUT2D eigenvalue weighted by Crippen LogP contribution is 2.03. The highest BCUT2D eigenvalue weighted by molar-refractivity contribution is 4.91. The van der Waals surface area contributed by atoms with E-state index in [9.17, 15) is 0 Å². The number of hydrogen-bond acceptors (Lipinski definition) is 19. The second-order valence-corrected chi connectivity index (χ2v) is 17.3. The lowest BCUT2D eigenvalue weighted by atomic mass is 10.4. The van der Waals surface area contributed by atoms with Crippen molar-refractivity contribution in [1.29, 1.82) is 0 Å². The molecule has 0 atom stereocenters. The van der Waals surface area contributed by atoms with Crippen LogP contribution in [0.1, 0.15) is 96.1 Å². The van der Waals surface area contributed by atoms with Crippen molar-refractivity contribution in [3.63, 3.8) is 0 Å². The topological polar surface area (TPSA) is 240 Å². The van der Waals surface area contributed by atoms with Gasteiger partial charge in [-0.25, -0.2) is 14.0 Å². The summed E-state index contributed by atoms with van der Waals surface area (Å²) in [6, 6.07) is 0. The van der Waals surface area contributed by atoms with Crippen molar-refractivity contribution >= 4 is 0 Å². The first-order valence-corrected chi connectivity index (χ1v) is 27.7. The van der Waals surface area contributed by atoms with E-state index in [1.54, 1.807) is 14.0 Å². The molecular formula is C54H94N14O10. The maximum atomic E-state index is 7.87. The van der Waals surface area contributed by atoms with E-state index in [-0.39, 0.29) is 0 Å². The zero-order valence-electron chi connectivity index (χ0n) is 47.7. The summed E-state index contributed by atoms with van der Waals surface area (Å²) in [6.45, 7) is 26.6. The zero-order valence-corrected chi connectivity index (χ0v) is 47.7. The van der Waals surface area contributed by atoms with Crippen LogP contribution in [-0.4, -0.2) is 213 Å². The number of terminal acetylenes is 3. The van der Waals surface area contributed by atoms with E-state index in [1.807, 2.05) is 18.6 Å². The maximum Gasteiger partial charge on any atom is 0.108 e. The molecule has 0 aliphatic carbocycles. The Labute approximate surface area is 465 Å². The van der Waals surface area contributed by atoms with Gasteiger partial charge < -0.3 is 47.4 Å². The lowest BCUT2D eigenvalue weighted by Crippen LogP contribution is -2.34. The van der Waals surface area contributed by atoms with Crippen LogP contribution in [-0.2, 0) is 86.8 Å². The quantitative estimate of drug-likeness (QED) is 0.0222. The summed E-state index contributed by atoms with van der Waals surface area (Å²) in [4.78, 5) is 7.02. The molecule has 0 amide bonds. The van der Waals surface area contributed by atoms with Gasteiger partial charge in [-0.1, -0.05) is 91.9 Å². The standard InChI is InChI=1S/C33H60N10O6.C15H21NO3.C6H13N3O/c1-4-7-16-44-22-13-41-25-31(34-37-41)28-47-19-10-40(11-20-48-29-32-26-42(38-35-32)14-23-45-17-8-5-2)12-21-49-30-33-27-43(39-36-33)15-24-46-18-9-6-3;1-4-10-17-13-7-16(8-14-18-11-5-2)9-15-19-12-6-3;1-2-3-5-10-6-4-8-9-7/h25-27H,4-24,28-30H2,1-3H3;1-3H,7-15H2;2-6H2,1H3. The molecule has 0 aromatic carbocycles. The van der Waals surface area contributed by atoms with Crippen LogP contribution in [0.3, 0.4) is 0 Å². The van der Waals surface area contributed by atoms with Gasteiger partial charge in [-0.3, -0.25) is 9.80 Å². The SMILES string of the molecule is C#CCOCCN(CCOCC#C)CCOCC#C.CCCCOCCN=[N+]=[N-].CCCCOCCn1cc(COCCN(CCOCc2cn(CCOCCCC)nn2)CCOCc2cn(CCOCCCC)nn2)nn1. The molecule has 78 heavy (non-hydrogen) atoms. The summed E-state index contributed by atoms with van der Waals surface area (Å²) in [5.74, 6) is 7.28. The van der Waals surface area contributed by atoms with Crippen LogP contribution in [0.2, 0.25) is 0 Å². The third-order valence-electron chi connectivity index (χ3n) is 10.7. The Kier molecular flexibility index (Phi) is 50.3. The molecule has 3 heterocycles. The lowest BCUT2D eigenvalue weighted by Gasteiger charge is -2.22. The zero-order chi connectivity index (χ0) is 56.5. The van der Waals surface area contributed by atoms with Crippen molar-refractivity contribution in [3.05, 3.63) is 46.1 Å². The van der Waals surface area contributed by atoms with Gasteiger partial charge in [0.05, 0.1) is 124 Å². The summed E-state index contributed by atoms with van der Waals surface area (Å²) in [6.07, 6.45) is 29.9. The molecule has 0 fully saturated rings. The Morgan fingerprint density at radius 3 is 1.01 bits per heavy atom. The molecule has 0 spiro atoms. The molecule has 3 rings (SSSR count). The first-order valence-electron chi connectivity index (χ1n) is 27.7. The fourth-order valence-electron chi connectivity index (χ4n) is 6.32. The number of rotatable bonds is 51. The van der Waals surface area contributed by atoms with Gasteiger partial charge in [0, 0.05) is 77.2 Å². The van der Waals surface area contributed by atoms with Gasteiger partial charge >= 0.3 is 0 Å². The minimum atomic E-state index is 0.328. The second kappa shape index (κ2) is 55.3. The van der Waals surface area contributed by atoms with Crippen LogP contribution in [0.15, 0.2) is 23.7 Å². The summed E-state index contributed by atoms with van der Waals surface area (Å²) in [7, 11) is 0. The number of azide groups is 1. The molecule has 3 aromatic rings. The largest absolute Gasteiger partial charge is 0.381 e. The summed E-state index contributed by atoms with van der Waals surface area (Å²) in [5.41, 5.74) is 10.3. The third-order valence-corrected chi connectivity index (χ3v) is 10.7. The van der Waals surface area contributed by atoms with E-state index in [4.69, 9.17) is 72.2 Å². The molecule has 0 radical (unpaired) electrons. The van der Waals surface area contributed by atoms with E-state index in [2.05, 4.69) is 96.2 Å². The van der Waals surface area contributed by atoms with Crippen LogP contribution >= 0.6 is 0 Å². The lowest BCUT2D eigenvalue weighted by molar-refractivity contribution is 0.0410. The molecule has 440 valence electrons. The second-order valence-electron chi connectivity index (χ2n) is 17.3. The van der Waals surface area contributed by atoms with E-state index in [1.165, 1.54) is 0 Å². The Balaban J connectivity index is 0.000000856. The molecule has 0 aliphatic heterocycles. The van der Waals surface area contributed by atoms with E-state index >= 15 is 0 Å². The molecule has 24 nitrogen and oxygen atoms in total. The molecule has 0 saturated carbocycles. The maximum absolute atomic E-state index is 7.87. The molecule has 0 aliphatic rings. The fourth-order valence-corrected chi connectivity index (χ4v) is 6.32. The molecule has 0 saturated heterocycles. The van der Waals surface area contributed by atoms with E-state index in [0.29, 0.717) is 152 Å². The number of unbranched alkanes of at least 4 members (excludes halogenated alkanes) is 4. The normalized spacial score (nSPS) is 10.9. The molecule has 0 unspecified atom stereocenters. The molecule has 24 heteroatoms. The van der Waals surface area contributed by atoms with Crippen molar-refractivity contribution in [2.24, 2.45) is 5.11 Å². The summed E-state index contributed by atoms with van der Waals surface area (Å²) in [5, 5.41) is 28.5. The molecule has 3 aromatic heterocycles. The fraction of sp³-hybridized carbons (Fsp3) is 0.778. The van der Waals surface area contributed by atoms with Gasteiger partial charge in [0.1, 0.15) is 36.9 Å². The molecular weight excluding hydrogens is 1000 g/mol. The Morgan fingerprint density at radius 2 is 0.731 bits per heavy atom. The first-order chi connectivity index (χ1) is 38.5. The number of nitrogens with zero attached hydrogens (tertiary/aromatic N) is 14. The van der Waals surface area contributed by atoms with Crippen molar-refractivity contribution in [1.82, 2.24) is 54.8 Å². The van der Waals surface area contributed by atoms with E-state index in [0.717, 1.165) is 115 Å². The third kappa shape index (κ3) is 43.9. The summed E-state index contributed by atoms with van der Waals surface area (Å²) >= 11 is 0. The van der Waals surface area contributed by atoms with E-state index < -0.39 is 0 Å². The van der Waals surface area contributed by atoms with Crippen molar-refractivity contribution in [2.45, 2.75) is 119 Å². The Morgan fingerprint density at radius 1 is 0.436 bits per heavy atom. The van der Waals surface area contributed by atoms with Gasteiger partial charge in [0.25, 0.3) is 0 Å². The molecule has 0 N–H and O–H groups in total. The predicted molar refractivity (Wildman–Crippen MR) is 298 cm³/mol. The van der Waals surface area contributed by atoms with Crippen LogP contribution in [0.4, 0.5) is 0 Å². The molecule has 0 bridgehead atoms. The predicted octanol–water partition coefficient (Wildman–Crippen LogP) is 5.51. The van der Waals surface area contributed by atoms with Gasteiger partial charge in [0.2, 0.25) is 0 Å².